The summed E-state index contributed by atoms with van der Waals surface area (Å²) >= 11 is 0. The Balaban J connectivity index is 1.75. The highest BCUT2D eigenvalue weighted by atomic mass is 16.5. The largest absolute Gasteiger partial charge is 0.463 e. The fraction of sp³-hybridized carbons (Fsp3) is 0.455. The quantitative estimate of drug-likeness (QED) is 0.419. The molecule has 1 aromatic carbocycles. The van der Waals surface area contributed by atoms with Crippen LogP contribution in [0.4, 0.5) is 5.82 Å². The van der Waals surface area contributed by atoms with Gasteiger partial charge in [0, 0.05) is 6.54 Å². The van der Waals surface area contributed by atoms with Crippen molar-refractivity contribution in [2.45, 2.75) is 45.7 Å². The van der Waals surface area contributed by atoms with Crippen LogP contribution in [0.3, 0.4) is 0 Å². The van der Waals surface area contributed by atoms with E-state index in [1.54, 1.807) is 0 Å². The van der Waals surface area contributed by atoms with E-state index in [4.69, 9.17) is 10.5 Å². The lowest BCUT2D eigenvalue weighted by atomic mass is 10.1. The zero-order valence-electron chi connectivity index (χ0n) is 17.8. The number of rotatable bonds is 8. The van der Waals surface area contributed by atoms with Crippen LogP contribution in [0, 0.1) is 0 Å². The second kappa shape index (κ2) is 9.30. The van der Waals surface area contributed by atoms with Crippen LogP contribution in [0.1, 0.15) is 43.7 Å². The number of H-pyrrole nitrogens is 1. The number of benzene rings is 1. The predicted molar refractivity (Wildman–Crippen MR) is 119 cm³/mol. The average Bonchev–Trinajstić information content (AvgIpc) is 3.27. The molecule has 0 radical (unpaired) electrons. The van der Waals surface area contributed by atoms with E-state index in [2.05, 4.69) is 32.8 Å². The van der Waals surface area contributed by atoms with E-state index in [9.17, 15) is 9.59 Å². The molecule has 1 aliphatic rings. The summed E-state index contributed by atoms with van der Waals surface area (Å²) in [7, 11) is 0. The molecular weight excluding hydrogens is 396 g/mol. The fourth-order valence-corrected chi connectivity index (χ4v) is 3.88. The van der Waals surface area contributed by atoms with Crippen LogP contribution in [0.5, 0.6) is 6.01 Å². The Kier molecular flexibility index (Phi) is 6.31. The van der Waals surface area contributed by atoms with Crippen LogP contribution in [0.15, 0.2) is 33.9 Å². The summed E-state index contributed by atoms with van der Waals surface area (Å²) in [4.78, 5) is 38.6. The van der Waals surface area contributed by atoms with Gasteiger partial charge < -0.3 is 15.5 Å². The van der Waals surface area contributed by atoms with Crippen molar-refractivity contribution in [1.82, 2.24) is 24.4 Å². The summed E-state index contributed by atoms with van der Waals surface area (Å²) in [5.41, 5.74) is 7.23. The normalized spacial score (nSPS) is 14.4. The van der Waals surface area contributed by atoms with Gasteiger partial charge in [-0.1, -0.05) is 37.6 Å². The van der Waals surface area contributed by atoms with Crippen molar-refractivity contribution in [2.75, 3.05) is 25.4 Å². The van der Waals surface area contributed by atoms with Crippen LogP contribution in [0.25, 0.3) is 11.2 Å². The fourth-order valence-electron chi connectivity index (χ4n) is 3.88. The van der Waals surface area contributed by atoms with Gasteiger partial charge in [-0.15, -0.1) is 0 Å². The van der Waals surface area contributed by atoms with E-state index in [0.717, 1.165) is 43.6 Å². The highest BCUT2D eigenvalue weighted by molar-refractivity contribution is 5.81. The van der Waals surface area contributed by atoms with Crippen LogP contribution in [-0.2, 0) is 13.1 Å². The van der Waals surface area contributed by atoms with Gasteiger partial charge in [-0.2, -0.15) is 9.97 Å². The third kappa shape index (κ3) is 4.61. The Morgan fingerprint density at radius 1 is 1.10 bits per heavy atom. The van der Waals surface area contributed by atoms with Crippen molar-refractivity contribution < 1.29 is 4.74 Å². The van der Waals surface area contributed by atoms with E-state index >= 15 is 0 Å². The van der Waals surface area contributed by atoms with Gasteiger partial charge in [0.2, 0.25) is 0 Å². The van der Waals surface area contributed by atoms with E-state index in [-0.39, 0.29) is 29.5 Å². The molecule has 9 heteroatoms. The predicted octanol–water partition coefficient (Wildman–Crippen LogP) is 1.88. The minimum atomic E-state index is -0.750. The molecule has 3 N–H and O–H groups in total. The first-order chi connectivity index (χ1) is 15.1. The Labute approximate surface area is 179 Å². The molecule has 1 saturated heterocycles. The molecular formula is C22H28N6O3. The number of nitrogens with one attached hydrogen (secondary N) is 1. The lowest BCUT2D eigenvalue weighted by Crippen LogP contribution is -2.37. The number of nitrogens with zero attached hydrogens (tertiary/aromatic N) is 4. The number of hydrogen-bond donors (Lipinski definition) is 2. The highest BCUT2D eigenvalue weighted by Gasteiger charge is 2.18. The number of fused-ring (bicyclic) bond motifs is 1. The standard InChI is InChI=1S/C22H28N6O3/c1-2-3-12-31-22-25-18(23)17-19(26-22)28(21(30)20(29)24-17)14-16-9-5-4-8-15(16)13-27-10-6-7-11-27/h4-5,8-9H,2-3,6-7,10-14H2,1H3,(H,24,29)(H2,23,25,26). The molecule has 1 fully saturated rings. The van der Waals surface area contributed by atoms with Crippen molar-refractivity contribution in [3.05, 3.63) is 56.1 Å². The molecule has 9 nitrogen and oxygen atoms in total. The molecule has 1 aliphatic heterocycles. The van der Waals surface area contributed by atoms with Crippen LogP contribution < -0.4 is 21.6 Å². The third-order valence-electron chi connectivity index (χ3n) is 5.60. The first-order valence-corrected chi connectivity index (χ1v) is 10.8. The SMILES string of the molecule is CCCCOc1nc(N)c2[nH]c(=O)c(=O)n(Cc3ccccc3CN3CCCC3)c2n1. The maximum atomic E-state index is 12.8. The van der Waals surface area contributed by atoms with E-state index in [1.165, 1.54) is 17.4 Å². The van der Waals surface area contributed by atoms with Crippen LogP contribution >= 0.6 is 0 Å². The summed E-state index contributed by atoms with van der Waals surface area (Å²) < 4.78 is 6.97. The Hall–Kier alpha value is -3.20. The molecule has 3 heterocycles. The molecule has 3 aromatic rings. The highest BCUT2D eigenvalue weighted by Crippen LogP contribution is 2.20. The maximum Gasteiger partial charge on any atom is 0.320 e. The molecule has 0 atom stereocenters. The lowest BCUT2D eigenvalue weighted by Gasteiger charge is -2.18. The Morgan fingerprint density at radius 2 is 1.81 bits per heavy atom. The summed E-state index contributed by atoms with van der Waals surface area (Å²) in [6, 6.07) is 8.08. The smallest absolute Gasteiger partial charge is 0.320 e. The van der Waals surface area contributed by atoms with Crippen LogP contribution in [-0.4, -0.2) is 44.1 Å². The molecule has 0 saturated carbocycles. The lowest BCUT2D eigenvalue weighted by molar-refractivity contribution is 0.286. The first kappa shape index (κ1) is 21.0. The number of ether oxygens (including phenoxy) is 1. The monoisotopic (exact) mass is 424 g/mol. The average molecular weight is 425 g/mol. The summed E-state index contributed by atoms with van der Waals surface area (Å²) in [5.74, 6) is 0.0766. The zero-order valence-corrected chi connectivity index (χ0v) is 17.8. The molecule has 0 bridgehead atoms. The van der Waals surface area contributed by atoms with Gasteiger partial charge in [-0.3, -0.25) is 19.1 Å². The number of anilines is 1. The number of hydrogen-bond acceptors (Lipinski definition) is 7. The Morgan fingerprint density at radius 3 is 2.52 bits per heavy atom. The number of aromatic amines is 1. The summed E-state index contributed by atoms with van der Waals surface area (Å²) in [6.07, 6.45) is 4.23. The Bertz CT molecular complexity index is 1180. The molecule has 0 aliphatic carbocycles. The number of nitrogens with two attached hydrogens (primary N) is 1. The van der Waals surface area contributed by atoms with Gasteiger partial charge in [-0.25, -0.2) is 0 Å². The van der Waals surface area contributed by atoms with Crippen molar-refractivity contribution in [1.29, 1.82) is 0 Å². The number of aromatic nitrogens is 4. The first-order valence-electron chi connectivity index (χ1n) is 10.8. The van der Waals surface area contributed by atoms with Crippen LogP contribution in [0.2, 0.25) is 0 Å². The molecule has 31 heavy (non-hydrogen) atoms. The van der Waals surface area contributed by atoms with Gasteiger partial charge in [0.25, 0.3) is 0 Å². The number of nitrogen functional groups attached to an aromatic ring is 1. The van der Waals surface area contributed by atoms with Gasteiger partial charge in [0.15, 0.2) is 11.5 Å². The van der Waals surface area contributed by atoms with Gasteiger partial charge in [0.1, 0.15) is 5.52 Å². The molecule has 164 valence electrons. The summed E-state index contributed by atoms with van der Waals surface area (Å²) in [6.45, 7) is 5.69. The van der Waals surface area contributed by atoms with Gasteiger partial charge in [0.05, 0.1) is 13.2 Å². The van der Waals surface area contributed by atoms with Crippen molar-refractivity contribution in [3.63, 3.8) is 0 Å². The molecule has 0 amide bonds. The number of likely N-dealkylation sites (tertiary alicyclic amines) is 1. The molecule has 2 aromatic heterocycles. The second-order valence-corrected chi connectivity index (χ2v) is 7.89. The maximum absolute atomic E-state index is 12.8. The van der Waals surface area contributed by atoms with Gasteiger partial charge >= 0.3 is 17.1 Å². The van der Waals surface area contributed by atoms with E-state index < -0.39 is 11.1 Å². The number of unbranched alkanes of at least 4 members (excludes halogenated alkanes) is 1. The second-order valence-electron chi connectivity index (χ2n) is 7.89. The zero-order chi connectivity index (χ0) is 21.8. The van der Waals surface area contributed by atoms with Crippen molar-refractivity contribution >= 4 is 17.0 Å². The van der Waals surface area contributed by atoms with E-state index in [1.807, 2.05) is 18.2 Å². The third-order valence-corrected chi connectivity index (χ3v) is 5.60. The molecule has 0 unspecified atom stereocenters. The summed E-state index contributed by atoms with van der Waals surface area (Å²) in [5, 5.41) is 0. The van der Waals surface area contributed by atoms with Gasteiger partial charge in [-0.05, 0) is 43.5 Å². The minimum Gasteiger partial charge on any atom is -0.463 e. The molecule has 0 spiro atoms. The topological polar surface area (TPSA) is 119 Å². The van der Waals surface area contributed by atoms with Crippen molar-refractivity contribution in [2.24, 2.45) is 0 Å². The van der Waals surface area contributed by atoms with E-state index in [0.29, 0.717) is 6.61 Å². The van der Waals surface area contributed by atoms with Crippen molar-refractivity contribution in [3.8, 4) is 6.01 Å². The minimum absolute atomic E-state index is 0.0766. The molecule has 4 rings (SSSR count).